The van der Waals surface area contributed by atoms with Crippen LogP contribution in [0, 0.1) is 22.7 Å². The Morgan fingerprint density at radius 3 is 2.60 bits per heavy atom. The molecule has 25 heavy (non-hydrogen) atoms. The Balaban J connectivity index is 2.82. The zero-order valence-corrected chi connectivity index (χ0v) is 14.8. The summed E-state index contributed by atoms with van der Waals surface area (Å²) in [6, 6.07) is 6.93. The highest BCUT2D eigenvalue weighted by atomic mass is 79.9. The van der Waals surface area contributed by atoms with Gasteiger partial charge in [0.2, 0.25) is 0 Å². The molecule has 8 heteroatoms. The SMILES string of the molecule is C=CCOc1c(Br)cc(-c2c(C#N)c(N)[nH]c(=O)c2C#N)cc1OC. The third-order valence-electron chi connectivity index (χ3n) is 3.33. The van der Waals surface area contributed by atoms with E-state index in [1.165, 1.54) is 7.11 Å². The van der Waals surface area contributed by atoms with Crippen LogP contribution in [-0.4, -0.2) is 18.7 Å². The fourth-order valence-corrected chi connectivity index (χ4v) is 2.83. The minimum absolute atomic E-state index is 0.00450. The van der Waals surface area contributed by atoms with Gasteiger partial charge in [-0.25, -0.2) is 0 Å². The third-order valence-corrected chi connectivity index (χ3v) is 3.92. The molecular formula is C17H13BrN4O3. The summed E-state index contributed by atoms with van der Waals surface area (Å²) in [5.41, 5.74) is 5.41. The van der Waals surface area contributed by atoms with Crippen molar-refractivity contribution >= 4 is 21.7 Å². The van der Waals surface area contributed by atoms with E-state index in [1.807, 2.05) is 12.1 Å². The van der Waals surface area contributed by atoms with Gasteiger partial charge in [0.15, 0.2) is 11.5 Å². The van der Waals surface area contributed by atoms with Gasteiger partial charge in [0.25, 0.3) is 5.56 Å². The molecule has 2 rings (SSSR count). The lowest BCUT2D eigenvalue weighted by Crippen LogP contribution is -2.16. The quantitative estimate of drug-likeness (QED) is 0.743. The van der Waals surface area contributed by atoms with E-state index in [0.717, 1.165) is 0 Å². The van der Waals surface area contributed by atoms with Crippen LogP contribution in [0.1, 0.15) is 11.1 Å². The first-order valence-electron chi connectivity index (χ1n) is 6.96. The van der Waals surface area contributed by atoms with Gasteiger partial charge in [0.1, 0.15) is 35.7 Å². The Kier molecular flexibility index (Phi) is 5.48. The van der Waals surface area contributed by atoms with Gasteiger partial charge in [0.05, 0.1) is 11.6 Å². The molecule has 1 aromatic heterocycles. The topological polar surface area (TPSA) is 125 Å². The van der Waals surface area contributed by atoms with E-state index in [0.29, 0.717) is 21.5 Å². The number of hydrogen-bond donors (Lipinski definition) is 2. The molecule has 3 N–H and O–H groups in total. The van der Waals surface area contributed by atoms with Crippen LogP contribution in [0.25, 0.3) is 11.1 Å². The van der Waals surface area contributed by atoms with Crippen LogP contribution >= 0.6 is 15.9 Å². The Hall–Kier alpha value is -3.23. The summed E-state index contributed by atoms with van der Waals surface area (Å²) >= 11 is 3.37. The number of methoxy groups -OCH3 is 1. The van der Waals surface area contributed by atoms with Gasteiger partial charge < -0.3 is 20.2 Å². The molecule has 0 spiro atoms. The van der Waals surface area contributed by atoms with Gasteiger partial charge in [-0.1, -0.05) is 12.7 Å². The molecule has 0 aliphatic carbocycles. The first-order chi connectivity index (χ1) is 12.0. The Morgan fingerprint density at radius 2 is 2.04 bits per heavy atom. The fourth-order valence-electron chi connectivity index (χ4n) is 2.28. The fraction of sp³-hybridized carbons (Fsp3) is 0.118. The van der Waals surface area contributed by atoms with Crippen molar-refractivity contribution in [2.24, 2.45) is 0 Å². The van der Waals surface area contributed by atoms with Crippen LogP contribution < -0.4 is 20.8 Å². The maximum atomic E-state index is 12.0. The maximum Gasteiger partial charge on any atom is 0.268 e. The number of aromatic nitrogens is 1. The second-order valence-corrected chi connectivity index (χ2v) is 5.66. The molecule has 7 nitrogen and oxygen atoms in total. The van der Waals surface area contributed by atoms with Crippen LogP contribution in [0.15, 0.2) is 34.1 Å². The van der Waals surface area contributed by atoms with E-state index >= 15 is 0 Å². The molecular weight excluding hydrogens is 388 g/mol. The van der Waals surface area contributed by atoms with E-state index in [2.05, 4.69) is 27.5 Å². The van der Waals surface area contributed by atoms with E-state index < -0.39 is 5.56 Å². The molecule has 0 bridgehead atoms. The molecule has 0 saturated heterocycles. The number of hydrogen-bond acceptors (Lipinski definition) is 6. The molecule has 0 amide bonds. The summed E-state index contributed by atoms with van der Waals surface area (Å²) in [6.45, 7) is 3.85. The Morgan fingerprint density at radius 1 is 1.36 bits per heavy atom. The average Bonchev–Trinajstić information content (AvgIpc) is 2.59. The molecule has 0 radical (unpaired) electrons. The van der Waals surface area contributed by atoms with Crippen LogP contribution in [0.2, 0.25) is 0 Å². The number of H-pyrrole nitrogens is 1. The smallest absolute Gasteiger partial charge is 0.268 e. The molecule has 1 heterocycles. The minimum Gasteiger partial charge on any atom is -0.493 e. The van der Waals surface area contributed by atoms with Crippen molar-refractivity contribution in [1.82, 2.24) is 4.98 Å². The predicted octanol–water partition coefficient (Wildman–Crippen LogP) is 2.70. The lowest BCUT2D eigenvalue weighted by Gasteiger charge is -2.15. The van der Waals surface area contributed by atoms with Gasteiger partial charge in [-0.05, 0) is 33.6 Å². The van der Waals surface area contributed by atoms with Gasteiger partial charge in [-0.3, -0.25) is 4.79 Å². The van der Waals surface area contributed by atoms with Crippen molar-refractivity contribution in [2.75, 3.05) is 19.5 Å². The second-order valence-electron chi connectivity index (χ2n) is 4.81. The zero-order chi connectivity index (χ0) is 18.6. The van der Waals surface area contributed by atoms with Gasteiger partial charge in [0, 0.05) is 5.56 Å². The number of aromatic amines is 1. The van der Waals surface area contributed by atoms with Crippen molar-refractivity contribution < 1.29 is 9.47 Å². The minimum atomic E-state index is -0.670. The lowest BCUT2D eigenvalue weighted by atomic mass is 9.96. The molecule has 0 fully saturated rings. The summed E-state index contributed by atoms with van der Waals surface area (Å²) in [5, 5.41) is 18.7. The Labute approximate surface area is 152 Å². The monoisotopic (exact) mass is 400 g/mol. The van der Waals surface area contributed by atoms with Crippen molar-refractivity contribution in [3.05, 3.63) is 50.7 Å². The number of halogens is 1. The molecule has 126 valence electrons. The molecule has 0 atom stereocenters. The normalized spacial score (nSPS) is 9.76. The Bertz CT molecular complexity index is 983. The molecule has 2 aromatic rings. The van der Waals surface area contributed by atoms with E-state index in [1.54, 1.807) is 18.2 Å². The number of rotatable bonds is 5. The summed E-state index contributed by atoms with van der Waals surface area (Å²) in [6.07, 6.45) is 1.58. The molecule has 1 aromatic carbocycles. The van der Waals surface area contributed by atoms with Crippen molar-refractivity contribution in [2.45, 2.75) is 0 Å². The zero-order valence-electron chi connectivity index (χ0n) is 13.2. The summed E-state index contributed by atoms with van der Waals surface area (Å²) in [7, 11) is 1.45. The third kappa shape index (κ3) is 3.35. The number of nitrogen functional groups attached to an aromatic ring is 1. The predicted molar refractivity (Wildman–Crippen MR) is 96.3 cm³/mol. The number of anilines is 1. The number of nitrogens with two attached hydrogens (primary N) is 1. The van der Waals surface area contributed by atoms with Crippen molar-refractivity contribution in [3.63, 3.8) is 0 Å². The molecule has 0 unspecified atom stereocenters. The lowest BCUT2D eigenvalue weighted by molar-refractivity contribution is 0.324. The van der Waals surface area contributed by atoms with E-state index in [-0.39, 0.29) is 29.1 Å². The van der Waals surface area contributed by atoms with Crippen LogP contribution in [0.5, 0.6) is 11.5 Å². The van der Waals surface area contributed by atoms with E-state index in [4.69, 9.17) is 15.2 Å². The molecule has 0 aliphatic rings. The first kappa shape index (κ1) is 18.1. The van der Waals surface area contributed by atoms with Crippen LogP contribution in [-0.2, 0) is 0 Å². The van der Waals surface area contributed by atoms with Gasteiger partial charge in [-0.2, -0.15) is 10.5 Å². The summed E-state index contributed by atoms with van der Waals surface area (Å²) < 4.78 is 11.4. The standard InChI is InChI=1S/C17H13BrN4O3/c1-3-4-25-15-12(18)5-9(6-13(15)24-2)14-10(7-19)16(21)22-17(23)11(14)8-20/h3,5-6H,1,4H2,2H3,(H3,21,22,23). The van der Waals surface area contributed by atoms with Crippen molar-refractivity contribution in [3.8, 4) is 34.8 Å². The number of nitriles is 2. The van der Waals surface area contributed by atoms with Gasteiger partial charge >= 0.3 is 0 Å². The van der Waals surface area contributed by atoms with Crippen LogP contribution in [0.4, 0.5) is 5.82 Å². The first-order valence-corrected chi connectivity index (χ1v) is 7.75. The molecule has 0 aliphatic heterocycles. The maximum absolute atomic E-state index is 12.0. The second kappa shape index (κ2) is 7.56. The highest BCUT2D eigenvalue weighted by molar-refractivity contribution is 9.10. The number of nitrogens with one attached hydrogen (secondary N) is 1. The number of nitrogens with zero attached hydrogens (tertiary/aromatic N) is 2. The van der Waals surface area contributed by atoms with Crippen molar-refractivity contribution in [1.29, 1.82) is 10.5 Å². The highest BCUT2D eigenvalue weighted by Gasteiger charge is 2.21. The highest BCUT2D eigenvalue weighted by Crippen LogP contribution is 2.41. The van der Waals surface area contributed by atoms with E-state index in [9.17, 15) is 15.3 Å². The number of pyridine rings is 1. The van der Waals surface area contributed by atoms with Gasteiger partial charge in [-0.15, -0.1) is 0 Å². The molecule has 0 saturated carbocycles. The number of benzene rings is 1. The summed E-state index contributed by atoms with van der Waals surface area (Å²) in [5.74, 6) is 0.683. The average molecular weight is 401 g/mol. The largest absolute Gasteiger partial charge is 0.493 e. The summed E-state index contributed by atoms with van der Waals surface area (Å²) in [4.78, 5) is 14.3. The number of ether oxygens (including phenoxy) is 2. The van der Waals surface area contributed by atoms with Crippen LogP contribution in [0.3, 0.4) is 0 Å².